The van der Waals surface area contributed by atoms with Gasteiger partial charge in [0.15, 0.2) is 0 Å². The van der Waals surface area contributed by atoms with E-state index in [0.717, 1.165) is 9.52 Å². The summed E-state index contributed by atoms with van der Waals surface area (Å²) in [6, 6.07) is 17.0. The summed E-state index contributed by atoms with van der Waals surface area (Å²) in [6.45, 7) is 17.8. The van der Waals surface area contributed by atoms with Gasteiger partial charge in [-0.1, -0.05) is 65.5 Å². The van der Waals surface area contributed by atoms with Gasteiger partial charge in [0.05, 0.1) is 0 Å². The van der Waals surface area contributed by atoms with E-state index in [1.807, 2.05) is 0 Å². The van der Waals surface area contributed by atoms with Crippen molar-refractivity contribution >= 4 is 9.52 Å². The SMILES string of the molecule is CC(C)(C)[c-]1cccc1.CC(C)(C)[c-]1cccc1.C[SiH]C.[Hf]. The predicted molar refractivity (Wildman–Crippen MR) is 100 cm³/mol. The molecule has 0 aromatic heterocycles. The zero-order valence-electron chi connectivity index (χ0n) is 15.7. The molecule has 22 heavy (non-hydrogen) atoms. The van der Waals surface area contributed by atoms with Gasteiger partial charge in [0.25, 0.3) is 0 Å². The van der Waals surface area contributed by atoms with E-state index >= 15 is 0 Å². The molecule has 2 aromatic rings. The van der Waals surface area contributed by atoms with Crippen LogP contribution < -0.4 is 0 Å². The van der Waals surface area contributed by atoms with Crippen LogP contribution in [0.1, 0.15) is 52.7 Å². The molecule has 0 saturated carbocycles. The van der Waals surface area contributed by atoms with E-state index in [0.29, 0.717) is 10.8 Å². The molecule has 123 valence electrons. The molecular weight excluding hydrogens is 447 g/mol. The fourth-order valence-electron chi connectivity index (χ4n) is 1.75. The van der Waals surface area contributed by atoms with Crippen molar-refractivity contribution in [2.45, 2.75) is 65.5 Å². The Morgan fingerprint density at radius 2 is 0.773 bits per heavy atom. The van der Waals surface area contributed by atoms with E-state index in [-0.39, 0.29) is 25.8 Å². The average molecular weight is 480 g/mol. The topological polar surface area (TPSA) is 0 Å². The molecular formula is C20H33HfSi-2. The summed E-state index contributed by atoms with van der Waals surface area (Å²) in [7, 11) is 0.750. The molecule has 0 aliphatic heterocycles. The third-order valence-corrected chi connectivity index (χ3v) is 3.06. The average Bonchev–Trinajstić information content (AvgIpc) is 3.03. The first kappa shape index (κ1) is 24.0. The number of hydrogen-bond donors (Lipinski definition) is 0. The van der Waals surface area contributed by atoms with E-state index in [2.05, 4.69) is 103 Å². The molecule has 0 aliphatic carbocycles. The fraction of sp³-hybridized carbons (Fsp3) is 0.500. The Balaban J connectivity index is 0. The van der Waals surface area contributed by atoms with Crippen molar-refractivity contribution in [1.29, 1.82) is 0 Å². The minimum Gasteiger partial charge on any atom is -0.213 e. The van der Waals surface area contributed by atoms with Crippen LogP contribution in [-0.2, 0) is 36.7 Å². The minimum atomic E-state index is 0. The van der Waals surface area contributed by atoms with Crippen molar-refractivity contribution < 1.29 is 25.8 Å². The Labute approximate surface area is 160 Å². The Kier molecular flexibility index (Phi) is 12.4. The van der Waals surface area contributed by atoms with Crippen LogP contribution in [0.4, 0.5) is 0 Å². The number of hydrogen-bond acceptors (Lipinski definition) is 0. The Morgan fingerprint density at radius 1 is 0.591 bits per heavy atom. The van der Waals surface area contributed by atoms with Crippen molar-refractivity contribution in [3.8, 4) is 0 Å². The molecule has 0 bridgehead atoms. The quantitative estimate of drug-likeness (QED) is 0.325. The second-order valence-corrected chi connectivity index (χ2v) is 8.58. The molecule has 2 aromatic carbocycles. The van der Waals surface area contributed by atoms with Gasteiger partial charge in [0.2, 0.25) is 0 Å². The first-order valence-corrected chi connectivity index (χ1v) is 10.1. The van der Waals surface area contributed by atoms with Crippen molar-refractivity contribution in [2.75, 3.05) is 0 Å². The van der Waals surface area contributed by atoms with Gasteiger partial charge in [-0.3, -0.25) is 0 Å². The fourth-order valence-corrected chi connectivity index (χ4v) is 1.75. The largest absolute Gasteiger partial charge is 0.213 e. The second-order valence-electron chi connectivity index (χ2n) is 7.42. The van der Waals surface area contributed by atoms with Crippen LogP contribution in [0.15, 0.2) is 48.5 Å². The molecule has 0 fully saturated rings. The Morgan fingerprint density at radius 3 is 0.864 bits per heavy atom. The van der Waals surface area contributed by atoms with Crippen molar-refractivity contribution in [3.05, 3.63) is 59.7 Å². The van der Waals surface area contributed by atoms with Crippen molar-refractivity contribution in [1.82, 2.24) is 0 Å². The third-order valence-electron chi connectivity index (χ3n) is 3.06. The predicted octanol–water partition coefficient (Wildman–Crippen LogP) is 5.92. The summed E-state index contributed by atoms with van der Waals surface area (Å²) in [5.74, 6) is 0. The van der Waals surface area contributed by atoms with Gasteiger partial charge in [-0.05, 0) is 0 Å². The molecule has 0 aliphatic rings. The van der Waals surface area contributed by atoms with Gasteiger partial charge in [-0.2, -0.15) is 35.4 Å². The Bertz CT molecular complexity index is 395. The molecule has 0 atom stereocenters. The van der Waals surface area contributed by atoms with Gasteiger partial charge in [0.1, 0.15) is 0 Å². The standard InChI is InChI=1S/2C9H13.C2H7Si.Hf/c2*1-9(2,3)8-6-4-5-7-8;1-3-2;/h2*4-7H,1-3H3;3H,1-2H3;/q2*-1;;. The second kappa shape index (κ2) is 11.3. The monoisotopic (exact) mass is 481 g/mol. The van der Waals surface area contributed by atoms with Gasteiger partial charge >= 0.3 is 0 Å². The summed E-state index contributed by atoms with van der Waals surface area (Å²) >= 11 is 0. The van der Waals surface area contributed by atoms with E-state index in [1.54, 1.807) is 0 Å². The maximum atomic E-state index is 2.22. The van der Waals surface area contributed by atoms with Crippen molar-refractivity contribution in [3.63, 3.8) is 0 Å². The maximum Gasteiger partial charge on any atom is 0.0213 e. The third kappa shape index (κ3) is 10.5. The molecule has 0 heterocycles. The van der Waals surface area contributed by atoms with Crippen LogP contribution >= 0.6 is 0 Å². The molecule has 0 N–H and O–H groups in total. The van der Waals surface area contributed by atoms with Crippen LogP contribution in [0.25, 0.3) is 0 Å². The van der Waals surface area contributed by atoms with E-state index in [1.165, 1.54) is 11.1 Å². The minimum absolute atomic E-state index is 0. The van der Waals surface area contributed by atoms with Gasteiger partial charge in [-0.15, -0.1) is 0 Å². The molecule has 2 heteroatoms. The molecule has 0 nitrogen and oxygen atoms in total. The van der Waals surface area contributed by atoms with Crippen LogP contribution in [0.2, 0.25) is 13.1 Å². The molecule has 2 rings (SSSR count). The molecule has 1 radical (unpaired) electrons. The van der Waals surface area contributed by atoms with Crippen LogP contribution in [0.3, 0.4) is 0 Å². The van der Waals surface area contributed by atoms with E-state index < -0.39 is 0 Å². The maximum absolute atomic E-state index is 2.22. The molecule has 0 spiro atoms. The summed E-state index contributed by atoms with van der Waals surface area (Å²) in [4.78, 5) is 0. The van der Waals surface area contributed by atoms with Crippen LogP contribution in [-0.4, -0.2) is 9.52 Å². The molecule has 0 saturated heterocycles. The normalized spacial score (nSPS) is 10.5. The summed E-state index contributed by atoms with van der Waals surface area (Å²) < 4.78 is 0. The van der Waals surface area contributed by atoms with Crippen LogP contribution in [0.5, 0.6) is 0 Å². The van der Waals surface area contributed by atoms with Gasteiger partial charge < -0.3 is 0 Å². The number of rotatable bonds is 0. The van der Waals surface area contributed by atoms with E-state index in [4.69, 9.17) is 0 Å². The summed E-state index contributed by atoms with van der Waals surface area (Å²) in [5.41, 5.74) is 3.48. The summed E-state index contributed by atoms with van der Waals surface area (Å²) in [6.07, 6.45) is 0. The van der Waals surface area contributed by atoms with Gasteiger partial charge in [0, 0.05) is 35.4 Å². The molecule has 0 unspecified atom stereocenters. The summed E-state index contributed by atoms with van der Waals surface area (Å²) in [5, 5.41) is 0. The van der Waals surface area contributed by atoms with Crippen LogP contribution in [0, 0.1) is 0 Å². The molecule has 0 amide bonds. The first-order valence-electron chi connectivity index (χ1n) is 7.81. The van der Waals surface area contributed by atoms with Crippen molar-refractivity contribution in [2.24, 2.45) is 0 Å². The van der Waals surface area contributed by atoms with Gasteiger partial charge in [-0.25, -0.2) is 24.3 Å². The zero-order valence-corrected chi connectivity index (χ0v) is 20.4. The van der Waals surface area contributed by atoms with E-state index in [9.17, 15) is 0 Å². The smallest absolute Gasteiger partial charge is 0.0213 e. The zero-order chi connectivity index (χ0) is 16.5. The Hall–Kier alpha value is -0.213. The first-order chi connectivity index (χ1) is 9.62.